The van der Waals surface area contributed by atoms with Gasteiger partial charge in [-0.05, 0) is 0 Å². The fourth-order valence-corrected chi connectivity index (χ4v) is 1.96. The smallest absolute Gasteiger partial charge is 0.351 e. The molecule has 0 aliphatic carbocycles. The number of ether oxygens (including phenoxy) is 1. The number of carbonyl (C=O) groups excluding carboxylic acids is 1. The molecule has 0 aromatic carbocycles. The van der Waals surface area contributed by atoms with Gasteiger partial charge in [0.05, 0.1) is 12.2 Å². The SMILES string of the molecule is NC(=O)c1cn([C@@H]2O[C@H](CO)C(O)C2O)c(=O)nc1N. The second kappa shape index (κ2) is 5.17. The van der Waals surface area contributed by atoms with Crippen LogP contribution in [0.1, 0.15) is 16.6 Å². The molecule has 1 aromatic rings. The lowest BCUT2D eigenvalue weighted by Gasteiger charge is -2.18. The third kappa shape index (κ3) is 2.25. The number of nitrogen functional groups attached to an aromatic ring is 1. The Labute approximate surface area is 112 Å². The van der Waals surface area contributed by atoms with Crippen molar-refractivity contribution in [2.75, 3.05) is 12.3 Å². The molecule has 2 unspecified atom stereocenters. The molecular formula is C10H14N4O6. The second-order valence-corrected chi connectivity index (χ2v) is 4.32. The first-order valence-electron chi connectivity index (χ1n) is 5.67. The summed E-state index contributed by atoms with van der Waals surface area (Å²) >= 11 is 0. The Kier molecular flexibility index (Phi) is 3.72. The Bertz CT molecular complexity index is 588. The number of primary amides is 1. The second-order valence-electron chi connectivity index (χ2n) is 4.32. The highest BCUT2D eigenvalue weighted by molar-refractivity contribution is 5.96. The molecule has 1 fully saturated rings. The highest BCUT2D eigenvalue weighted by Crippen LogP contribution is 2.28. The van der Waals surface area contributed by atoms with Gasteiger partial charge in [-0.1, -0.05) is 0 Å². The van der Waals surface area contributed by atoms with Crippen molar-refractivity contribution < 1.29 is 24.9 Å². The first-order valence-corrected chi connectivity index (χ1v) is 5.67. The van der Waals surface area contributed by atoms with Crippen LogP contribution in [0.3, 0.4) is 0 Å². The predicted molar refractivity (Wildman–Crippen MR) is 64.4 cm³/mol. The van der Waals surface area contributed by atoms with Gasteiger partial charge in [0.1, 0.15) is 24.1 Å². The Morgan fingerprint density at radius 1 is 1.45 bits per heavy atom. The van der Waals surface area contributed by atoms with Gasteiger partial charge < -0.3 is 31.5 Å². The van der Waals surface area contributed by atoms with Crippen molar-refractivity contribution in [2.45, 2.75) is 24.5 Å². The van der Waals surface area contributed by atoms with Crippen molar-refractivity contribution in [3.8, 4) is 0 Å². The maximum absolute atomic E-state index is 11.7. The number of hydrogen-bond acceptors (Lipinski definition) is 8. The fourth-order valence-electron chi connectivity index (χ4n) is 1.96. The number of nitrogens with two attached hydrogens (primary N) is 2. The zero-order valence-corrected chi connectivity index (χ0v) is 10.2. The summed E-state index contributed by atoms with van der Waals surface area (Å²) in [6.45, 7) is -0.547. The number of anilines is 1. The lowest BCUT2D eigenvalue weighted by atomic mass is 10.1. The molecule has 1 aliphatic rings. The summed E-state index contributed by atoms with van der Waals surface area (Å²) < 4.78 is 5.95. The molecular weight excluding hydrogens is 272 g/mol. The predicted octanol–water partition coefficient (Wildman–Crippen LogP) is -3.46. The van der Waals surface area contributed by atoms with Gasteiger partial charge in [0.2, 0.25) is 0 Å². The van der Waals surface area contributed by atoms with Crippen molar-refractivity contribution in [1.82, 2.24) is 9.55 Å². The van der Waals surface area contributed by atoms with Crippen LogP contribution in [0.15, 0.2) is 11.0 Å². The van der Waals surface area contributed by atoms with Gasteiger partial charge in [-0.2, -0.15) is 4.98 Å². The topological polar surface area (TPSA) is 174 Å². The molecule has 110 valence electrons. The highest BCUT2D eigenvalue weighted by Gasteiger charge is 2.44. The van der Waals surface area contributed by atoms with Crippen molar-refractivity contribution in [3.63, 3.8) is 0 Å². The monoisotopic (exact) mass is 286 g/mol. The molecule has 4 atom stereocenters. The molecule has 2 rings (SSSR count). The normalized spacial score (nSPS) is 29.6. The van der Waals surface area contributed by atoms with E-state index in [4.69, 9.17) is 21.3 Å². The standard InChI is InChI=1S/C10H14N4O6/c11-7-3(8(12)18)1-14(10(19)13-7)9-6(17)5(16)4(2-15)20-9/h1,4-6,9,15-17H,2H2,(H2,12,18)(H2,11,13,19)/t4-,5?,6?,9-/m1/s1. The molecule has 10 nitrogen and oxygen atoms in total. The van der Waals surface area contributed by atoms with E-state index in [1.54, 1.807) is 0 Å². The average Bonchev–Trinajstić information content (AvgIpc) is 2.66. The molecule has 0 spiro atoms. The van der Waals surface area contributed by atoms with Gasteiger partial charge in [-0.3, -0.25) is 9.36 Å². The van der Waals surface area contributed by atoms with Crippen molar-refractivity contribution in [3.05, 3.63) is 22.2 Å². The molecule has 20 heavy (non-hydrogen) atoms. The van der Waals surface area contributed by atoms with Crippen LogP contribution in [-0.4, -0.2) is 55.7 Å². The van der Waals surface area contributed by atoms with E-state index in [-0.39, 0.29) is 11.4 Å². The molecule has 10 heteroatoms. The molecule has 0 radical (unpaired) electrons. The van der Waals surface area contributed by atoms with Crippen LogP contribution in [0.2, 0.25) is 0 Å². The summed E-state index contributed by atoms with van der Waals surface area (Å²) in [6.07, 6.45) is -4.23. The van der Waals surface area contributed by atoms with Gasteiger partial charge in [-0.25, -0.2) is 4.79 Å². The average molecular weight is 286 g/mol. The molecule has 2 heterocycles. The minimum absolute atomic E-state index is 0.220. The number of aromatic nitrogens is 2. The number of aliphatic hydroxyl groups is 3. The number of aliphatic hydroxyl groups excluding tert-OH is 3. The third-order valence-corrected chi connectivity index (χ3v) is 3.04. The number of hydrogen-bond donors (Lipinski definition) is 5. The van der Waals surface area contributed by atoms with Crippen molar-refractivity contribution in [1.29, 1.82) is 0 Å². The summed E-state index contributed by atoms with van der Waals surface area (Å²) in [5, 5.41) is 28.4. The zero-order valence-electron chi connectivity index (χ0n) is 10.2. The first kappa shape index (κ1) is 14.4. The van der Waals surface area contributed by atoms with E-state index < -0.39 is 42.7 Å². The Hall–Kier alpha value is -2.01. The number of carbonyl (C=O) groups is 1. The summed E-state index contributed by atoms with van der Waals surface area (Å²) in [5.41, 5.74) is 9.36. The minimum Gasteiger partial charge on any atom is -0.394 e. The quantitative estimate of drug-likeness (QED) is 0.381. The summed E-state index contributed by atoms with van der Waals surface area (Å²) in [6, 6.07) is 0. The van der Waals surface area contributed by atoms with E-state index in [0.717, 1.165) is 10.8 Å². The van der Waals surface area contributed by atoms with E-state index in [1.807, 2.05) is 0 Å². The lowest BCUT2D eigenvalue weighted by molar-refractivity contribution is -0.0550. The Morgan fingerprint density at radius 2 is 2.10 bits per heavy atom. The van der Waals surface area contributed by atoms with E-state index in [0.29, 0.717) is 0 Å². The Morgan fingerprint density at radius 3 is 2.60 bits per heavy atom. The van der Waals surface area contributed by atoms with Crippen LogP contribution < -0.4 is 17.2 Å². The van der Waals surface area contributed by atoms with Crippen LogP contribution in [0.25, 0.3) is 0 Å². The summed E-state index contributed by atoms with van der Waals surface area (Å²) in [4.78, 5) is 26.3. The minimum atomic E-state index is -1.48. The van der Waals surface area contributed by atoms with Crippen LogP contribution >= 0.6 is 0 Å². The van der Waals surface area contributed by atoms with Gasteiger partial charge in [0, 0.05) is 6.20 Å². The number of nitrogens with zero attached hydrogens (tertiary/aromatic N) is 2. The van der Waals surface area contributed by atoms with E-state index in [2.05, 4.69) is 4.98 Å². The van der Waals surface area contributed by atoms with Gasteiger partial charge in [-0.15, -0.1) is 0 Å². The van der Waals surface area contributed by atoms with Gasteiger partial charge in [0.25, 0.3) is 5.91 Å². The molecule has 0 bridgehead atoms. The van der Waals surface area contributed by atoms with E-state index >= 15 is 0 Å². The molecule has 1 amide bonds. The van der Waals surface area contributed by atoms with Gasteiger partial charge in [0.15, 0.2) is 6.23 Å². The first-order chi connectivity index (χ1) is 9.36. The Balaban J connectivity index is 2.46. The van der Waals surface area contributed by atoms with Crippen LogP contribution in [0.4, 0.5) is 5.82 Å². The lowest BCUT2D eigenvalue weighted by Crippen LogP contribution is -2.37. The van der Waals surface area contributed by atoms with Crippen molar-refractivity contribution in [2.24, 2.45) is 5.73 Å². The number of amides is 1. The zero-order chi connectivity index (χ0) is 15.0. The molecule has 0 saturated carbocycles. The molecule has 1 saturated heterocycles. The number of rotatable bonds is 3. The molecule has 7 N–H and O–H groups in total. The van der Waals surface area contributed by atoms with Crippen LogP contribution in [-0.2, 0) is 4.74 Å². The summed E-state index contributed by atoms with van der Waals surface area (Å²) in [5.74, 6) is -1.25. The molecule has 1 aliphatic heterocycles. The fraction of sp³-hybridized carbons (Fsp3) is 0.500. The molecule has 1 aromatic heterocycles. The van der Waals surface area contributed by atoms with E-state index in [9.17, 15) is 19.8 Å². The maximum Gasteiger partial charge on any atom is 0.351 e. The van der Waals surface area contributed by atoms with Crippen LogP contribution in [0.5, 0.6) is 0 Å². The van der Waals surface area contributed by atoms with Crippen LogP contribution in [0, 0.1) is 0 Å². The van der Waals surface area contributed by atoms with Crippen molar-refractivity contribution >= 4 is 11.7 Å². The summed E-state index contributed by atoms with van der Waals surface area (Å²) in [7, 11) is 0. The van der Waals surface area contributed by atoms with E-state index in [1.165, 1.54) is 0 Å². The van der Waals surface area contributed by atoms with Gasteiger partial charge >= 0.3 is 5.69 Å². The third-order valence-electron chi connectivity index (χ3n) is 3.04. The maximum atomic E-state index is 11.7. The largest absolute Gasteiger partial charge is 0.394 e. The highest BCUT2D eigenvalue weighted by atomic mass is 16.6.